The van der Waals surface area contributed by atoms with E-state index >= 15 is 0 Å². The minimum Gasteiger partial charge on any atom is -0.352 e. The van der Waals surface area contributed by atoms with E-state index in [0.29, 0.717) is 12.5 Å². The van der Waals surface area contributed by atoms with E-state index < -0.39 is 0 Å². The number of aromatic nitrogens is 3. The Morgan fingerprint density at radius 3 is 2.59 bits per heavy atom. The van der Waals surface area contributed by atoms with Crippen molar-refractivity contribution in [3.05, 3.63) is 66.2 Å². The van der Waals surface area contributed by atoms with E-state index in [1.54, 1.807) is 6.20 Å². The molecule has 0 radical (unpaired) electrons. The summed E-state index contributed by atoms with van der Waals surface area (Å²) < 4.78 is 0. The number of benzene rings is 1. The van der Waals surface area contributed by atoms with Crippen LogP contribution in [0.5, 0.6) is 0 Å². The molecule has 0 spiro atoms. The van der Waals surface area contributed by atoms with Crippen molar-refractivity contribution in [2.45, 2.75) is 26.8 Å². The molecule has 2 heterocycles. The first-order chi connectivity index (χ1) is 13.1. The minimum absolute atomic E-state index is 0.162. The number of rotatable bonds is 5. The number of carbonyl (C=O) groups excluding carboxylic acids is 1. The third-order valence-corrected chi connectivity index (χ3v) is 4.99. The SMILES string of the molecule is Cc1ncc(-c2ccccn2)c(-c2ccc(CNC(=O)[C@H]3C[C@H]3C)cc2)n1. The fraction of sp³-hybridized carbons (Fsp3) is 0.273. The van der Waals surface area contributed by atoms with Crippen molar-refractivity contribution in [1.29, 1.82) is 0 Å². The maximum Gasteiger partial charge on any atom is 0.223 e. The normalized spacial score (nSPS) is 18.1. The number of hydrogen-bond acceptors (Lipinski definition) is 4. The molecule has 0 unspecified atom stereocenters. The van der Waals surface area contributed by atoms with Gasteiger partial charge in [-0.2, -0.15) is 0 Å². The van der Waals surface area contributed by atoms with Gasteiger partial charge in [-0.15, -0.1) is 0 Å². The first-order valence-electron chi connectivity index (χ1n) is 9.24. The van der Waals surface area contributed by atoms with Gasteiger partial charge in [0, 0.05) is 36.0 Å². The maximum absolute atomic E-state index is 12.0. The van der Waals surface area contributed by atoms with Crippen molar-refractivity contribution >= 4 is 5.91 Å². The molecule has 2 aromatic heterocycles. The van der Waals surface area contributed by atoms with Crippen molar-refractivity contribution in [2.24, 2.45) is 11.8 Å². The highest BCUT2D eigenvalue weighted by atomic mass is 16.2. The molecule has 0 bridgehead atoms. The smallest absolute Gasteiger partial charge is 0.223 e. The summed E-state index contributed by atoms with van der Waals surface area (Å²) >= 11 is 0. The van der Waals surface area contributed by atoms with Crippen LogP contribution >= 0.6 is 0 Å². The zero-order chi connectivity index (χ0) is 18.8. The predicted octanol–water partition coefficient (Wildman–Crippen LogP) is 3.79. The highest BCUT2D eigenvalue weighted by Gasteiger charge is 2.38. The lowest BCUT2D eigenvalue weighted by Gasteiger charge is -2.10. The highest BCUT2D eigenvalue weighted by Crippen LogP contribution is 2.37. The summed E-state index contributed by atoms with van der Waals surface area (Å²) in [6.07, 6.45) is 4.60. The first-order valence-corrected chi connectivity index (χ1v) is 9.24. The van der Waals surface area contributed by atoms with E-state index in [2.05, 4.69) is 27.2 Å². The van der Waals surface area contributed by atoms with E-state index in [-0.39, 0.29) is 11.8 Å². The molecular weight excluding hydrogens is 336 g/mol. The van der Waals surface area contributed by atoms with Crippen molar-refractivity contribution in [3.63, 3.8) is 0 Å². The fourth-order valence-electron chi connectivity index (χ4n) is 3.19. The molecule has 136 valence electrons. The number of carbonyl (C=O) groups is 1. The highest BCUT2D eigenvalue weighted by molar-refractivity contribution is 5.81. The standard InChI is InChI=1S/C22H22N4O/c1-14-11-18(14)22(27)25-12-16-6-8-17(9-7-16)21-19(13-24-15(2)26-21)20-5-3-4-10-23-20/h3-10,13-14,18H,11-12H2,1-2H3,(H,25,27)/t14-,18+/m1/s1. The molecule has 3 aromatic rings. The number of amides is 1. The van der Waals surface area contributed by atoms with Crippen molar-refractivity contribution < 1.29 is 4.79 Å². The van der Waals surface area contributed by atoms with E-state index in [9.17, 15) is 4.79 Å². The van der Waals surface area contributed by atoms with Crippen molar-refractivity contribution in [2.75, 3.05) is 0 Å². The Balaban J connectivity index is 1.55. The van der Waals surface area contributed by atoms with E-state index in [1.165, 1.54) is 0 Å². The third-order valence-electron chi connectivity index (χ3n) is 4.99. The topological polar surface area (TPSA) is 67.8 Å². The number of aryl methyl sites for hydroxylation is 1. The Labute approximate surface area is 158 Å². The van der Waals surface area contributed by atoms with Crippen LogP contribution in [0.25, 0.3) is 22.5 Å². The van der Waals surface area contributed by atoms with Crippen LogP contribution in [0.3, 0.4) is 0 Å². The van der Waals surface area contributed by atoms with E-state index in [1.807, 2.05) is 55.6 Å². The van der Waals surface area contributed by atoms with Gasteiger partial charge in [0.25, 0.3) is 0 Å². The van der Waals surface area contributed by atoms with Crippen molar-refractivity contribution in [3.8, 4) is 22.5 Å². The Kier molecular flexibility index (Phi) is 4.67. The Morgan fingerprint density at radius 1 is 1.15 bits per heavy atom. The molecule has 4 rings (SSSR count). The largest absolute Gasteiger partial charge is 0.352 e. The molecule has 1 saturated carbocycles. The lowest BCUT2D eigenvalue weighted by atomic mass is 10.0. The van der Waals surface area contributed by atoms with Gasteiger partial charge in [-0.3, -0.25) is 9.78 Å². The van der Waals surface area contributed by atoms with Gasteiger partial charge in [0.15, 0.2) is 0 Å². The summed E-state index contributed by atoms with van der Waals surface area (Å²) in [5, 5.41) is 3.02. The van der Waals surface area contributed by atoms with Crippen LogP contribution < -0.4 is 5.32 Å². The Bertz CT molecular complexity index is 954. The quantitative estimate of drug-likeness (QED) is 0.753. The van der Waals surface area contributed by atoms with Crippen LogP contribution in [0.1, 0.15) is 24.7 Å². The lowest BCUT2D eigenvalue weighted by molar-refractivity contribution is -0.122. The molecule has 1 aliphatic rings. The van der Waals surface area contributed by atoms with Crippen molar-refractivity contribution in [1.82, 2.24) is 20.3 Å². The van der Waals surface area contributed by atoms with Crippen LogP contribution in [0.2, 0.25) is 0 Å². The van der Waals surface area contributed by atoms with Gasteiger partial charge in [-0.1, -0.05) is 37.3 Å². The van der Waals surface area contributed by atoms with Gasteiger partial charge in [0.1, 0.15) is 5.82 Å². The summed E-state index contributed by atoms with van der Waals surface area (Å²) in [6, 6.07) is 13.9. The Morgan fingerprint density at radius 2 is 1.93 bits per heavy atom. The predicted molar refractivity (Wildman–Crippen MR) is 105 cm³/mol. The lowest BCUT2D eigenvalue weighted by Crippen LogP contribution is -2.24. The molecule has 0 saturated heterocycles. The molecule has 2 atom stereocenters. The summed E-state index contributed by atoms with van der Waals surface area (Å²) in [7, 11) is 0. The minimum atomic E-state index is 0.162. The van der Waals surface area contributed by atoms with Crippen LogP contribution in [-0.4, -0.2) is 20.9 Å². The molecular formula is C22H22N4O. The molecule has 1 fully saturated rings. The zero-order valence-electron chi connectivity index (χ0n) is 15.5. The average molecular weight is 358 g/mol. The van der Waals surface area contributed by atoms with Gasteiger partial charge < -0.3 is 5.32 Å². The van der Waals surface area contributed by atoms with Crippen LogP contribution in [0.4, 0.5) is 0 Å². The zero-order valence-corrected chi connectivity index (χ0v) is 15.5. The first kappa shape index (κ1) is 17.3. The second-order valence-electron chi connectivity index (χ2n) is 7.13. The van der Waals surface area contributed by atoms with Crippen LogP contribution in [-0.2, 0) is 11.3 Å². The van der Waals surface area contributed by atoms with Crippen LogP contribution in [0, 0.1) is 18.8 Å². The number of pyridine rings is 1. The van der Waals surface area contributed by atoms with Gasteiger partial charge in [-0.05, 0) is 37.0 Å². The van der Waals surface area contributed by atoms with Gasteiger partial charge in [0.2, 0.25) is 5.91 Å². The average Bonchev–Trinajstić information content (AvgIpc) is 3.44. The van der Waals surface area contributed by atoms with E-state index in [4.69, 9.17) is 0 Å². The molecule has 27 heavy (non-hydrogen) atoms. The summed E-state index contributed by atoms with van der Waals surface area (Å²) in [6.45, 7) is 4.55. The molecule has 5 nitrogen and oxygen atoms in total. The molecule has 0 aliphatic heterocycles. The number of nitrogens with zero attached hydrogens (tertiary/aromatic N) is 3. The maximum atomic E-state index is 12.0. The van der Waals surface area contributed by atoms with Gasteiger partial charge in [0.05, 0.1) is 11.4 Å². The van der Waals surface area contributed by atoms with Gasteiger partial charge >= 0.3 is 0 Å². The summed E-state index contributed by atoms with van der Waals surface area (Å²) in [4.78, 5) is 25.4. The second kappa shape index (κ2) is 7.27. The molecule has 1 amide bonds. The number of hydrogen-bond donors (Lipinski definition) is 1. The van der Waals surface area contributed by atoms with Gasteiger partial charge in [-0.25, -0.2) is 9.97 Å². The summed E-state index contributed by atoms with van der Waals surface area (Å²) in [5.41, 5.74) is 4.70. The summed E-state index contributed by atoms with van der Waals surface area (Å²) in [5.74, 6) is 1.61. The molecule has 1 aromatic carbocycles. The monoisotopic (exact) mass is 358 g/mol. The second-order valence-corrected chi connectivity index (χ2v) is 7.13. The molecule has 5 heteroatoms. The number of nitrogens with one attached hydrogen (secondary N) is 1. The van der Waals surface area contributed by atoms with E-state index in [0.717, 1.165) is 40.3 Å². The Hall–Kier alpha value is -3.08. The van der Waals surface area contributed by atoms with Crippen LogP contribution in [0.15, 0.2) is 54.9 Å². The third kappa shape index (κ3) is 3.87. The fourth-order valence-corrected chi connectivity index (χ4v) is 3.19. The molecule has 1 N–H and O–H groups in total. The molecule has 1 aliphatic carbocycles.